The SMILES string of the molecule is CCCNC(=O)[C@@H](Cc1ccccc1)N(Cc1ccccc1)C(=O)CN(c1ccc(C)c(C)c1)S(=O)(=O)c1ccc(C)cc1. The van der Waals surface area contributed by atoms with E-state index in [0.717, 1.165) is 38.5 Å². The molecule has 0 aliphatic carbocycles. The van der Waals surface area contributed by atoms with Crippen LogP contribution in [0.2, 0.25) is 0 Å². The molecular weight excluding hydrogens is 570 g/mol. The summed E-state index contributed by atoms with van der Waals surface area (Å²) in [6.07, 6.45) is 1.02. The molecule has 4 aromatic rings. The summed E-state index contributed by atoms with van der Waals surface area (Å²) in [6.45, 7) is 7.85. The molecular formula is C36H41N3O4S. The van der Waals surface area contributed by atoms with Crippen molar-refractivity contribution < 1.29 is 18.0 Å². The minimum Gasteiger partial charge on any atom is -0.354 e. The second-order valence-electron chi connectivity index (χ2n) is 11.1. The fourth-order valence-electron chi connectivity index (χ4n) is 4.95. The van der Waals surface area contributed by atoms with Crippen LogP contribution in [0, 0.1) is 20.8 Å². The third-order valence-electron chi connectivity index (χ3n) is 7.68. The largest absolute Gasteiger partial charge is 0.354 e. The first-order valence-electron chi connectivity index (χ1n) is 14.9. The summed E-state index contributed by atoms with van der Waals surface area (Å²) in [5, 5.41) is 2.97. The van der Waals surface area contributed by atoms with Gasteiger partial charge in [-0.05, 0) is 73.7 Å². The molecule has 8 heteroatoms. The molecule has 0 saturated carbocycles. The van der Waals surface area contributed by atoms with Crippen molar-refractivity contribution in [3.05, 3.63) is 131 Å². The van der Waals surface area contributed by atoms with E-state index in [1.165, 1.54) is 4.90 Å². The molecule has 0 fully saturated rings. The molecule has 4 rings (SSSR count). The molecule has 44 heavy (non-hydrogen) atoms. The Hall–Kier alpha value is -4.43. The first kappa shape index (κ1) is 32.5. The van der Waals surface area contributed by atoms with E-state index < -0.39 is 28.5 Å². The monoisotopic (exact) mass is 611 g/mol. The number of hydrogen-bond acceptors (Lipinski definition) is 4. The second kappa shape index (κ2) is 14.8. The summed E-state index contributed by atoms with van der Waals surface area (Å²) < 4.78 is 29.5. The Morgan fingerprint density at radius 2 is 1.39 bits per heavy atom. The Labute approximate surface area is 261 Å². The summed E-state index contributed by atoms with van der Waals surface area (Å²) in [6, 6.07) is 30.1. The van der Waals surface area contributed by atoms with Crippen molar-refractivity contribution in [2.24, 2.45) is 0 Å². The number of amides is 2. The highest BCUT2D eigenvalue weighted by atomic mass is 32.2. The smallest absolute Gasteiger partial charge is 0.264 e. The zero-order chi connectivity index (χ0) is 31.7. The van der Waals surface area contributed by atoms with Gasteiger partial charge in [-0.1, -0.05) is 91.3 Å². The number of aryl methyl sites for hydroxylation is 3. The van der Waals surface area contributed by atoms with Gasteiger partial charge in [-0.2, -0.15) is 0 Å². The molecule has 7 nitrogen and oxygen atoms in total. The van der Waals surface area contributed by atoms with Crippen LogP contribution in [0.5, 0.6) is 0 Å². The average Bonchev–Trinajstić information content (AvgIpc) is 3.02. The Morgan fingerprint density at radius 1 is 0.773 bits per heavy atom. The van der Waals surface area contributed by atoms with Crippen molar-refractivity contribution in [3.8, 4) is 0 Å². The third kappa shape index (κ3) is 8.14. The van der Waals surface area contributed by atoms with Crippen LogP contribution in [-0.4, -0.2) is 44.3 Å². The Balaban J connectivity index is 1.80. The Bertz CT molecular complexity index is 1660. The predicted molar refractivity (Wildman–Crippen MR) is 176 cm³/mol. The molecule has 0 bridgehead atoms. The van der Waals surface area contributed by atoms with Gasteiger partial charge in [0.1, 0.15) is 12.6 Å². The van der Waals surface area contributed by atoms with Crippen LogP contribution in [-0.2, 0) is 32.6 Å². The number of rotatable bonds is 13. The maximum absolute atomic E-state index is 14.5. The molecule has 230 valence electrons. The molecule has 4 aromatic carbocycles. The lowest BCUT2D eigenvalue weighted by molar-refractivity contribution is -0.140. The van der Waals surface area contributed by atoms with Crippen LogP contribution in [0.15, 0.2) is 108 Å². The van der Waals surface area contributed by atoms with Gasteiger partial charge in [0.25, 0.3) is 10.0 Å². The maximum Gasteiger partial charge on any atom is 0.264 e. The number of sulfonamides is 1. The fraction of sp³-hybridized carbons (Fsp3) is 0.278. The van der Waals surface area contributed by atoms with E-state index in [-0.39, 0.29) is 23.8 Å². The Morgan fingerprint density at radius 3 is 1.98 bits per heavy atom. The second-order valence-corrected chi connectivity index (χ2v) is 13.0. The molecule has 1 atom stereocenters. The molecule has 0 aliphatic rings. The molecule has 0 spiro atoms. The van der Waals surface area contributed by atoms with Gasteiger partial charge in [-0.25, -0.2) is 8.42 Å². The lowest BCUT2D eigenvalue weighted by Gasteiger charge is -2.34. The van der Waals surface area contributed by atoms with Gasteiger partial charge in [0.05, 0.1) is 10.6 Å². The average molecular weight is 612 g/mol. The fourth-order valence-corrected chi connectivity index (χ4v) is 6.35. The molecule has 0 unspecified atom stereocenters. The highest BCUT2D eigenvalue weighted by Gasteiger charge is 2.34. The molecule has 0 aromatic heterocycles. The molecule has 0 heterocycles. The number of carbonyl (C=O) groups excluding carboxylic acids is 2. The van der Waals surface area contributed by atoms with Crippen molar-refractivity contribution in [2.75, 3.05) is 17.4 Å². The van der Waals surface area contributed by atoms with Crippen molar-refractivity contribution in [2.45, 2.75) is 58.0 Å². The highest BCUT2D eigenvalue weighted by molar-refractivity contribution is 7.92. The summed E-state index contributed by atoms with van der Waals surface area (Å²) in [7, 11) is -4.14. The predicted octanol–water partition coefficient (Wildman–Crippen LogP) is 5.97. The highest BCUT2D eigenvalue weighted by Crippen LogP contribution is 2.27. The van der Waals surface area contributed by atoms with E-state index in [2.05, 4.69) is 5.32 Å². The van der Waals surface area contributed by atoms with Crippen LogP contribution < -0.4 is 9.62 Å². The van der Waals surface area contributed by atoms with E-state index in [1.807, 2.05) is 94.4 Å². The number of anilines is 1. The number of nitrogens with one attached hydrogen (secondary N) is 1. The maximum atomic E-state index is 14.5. The number of hydrogen-bond donors (Lipinski definition) is 1. The molecule has 1 N–H and O–H groups in total. The minimum absolute atomic E-state index is 0.0882. The zero-order valence-electron chi connectivity index (χ0n) is 25.9. The van der Waals surface area contributed by atoms with Gasteiger partial charge >= 0.3 is 0 Å². The lowest BCUT2D eigenvalue weighted by atomic mass is 10.0. The van der Waals surface area contributed by atoms with Gasteiger partial charge < -0.3 is 10.2 Å². The van der Waals surface area contributed by atoms with Gasteiger partial charge in [-0.3, -0.25) is 13.9 Å². The van der Waals surface area contributed by atoms with Crippen molar-refractivity contribution in [1.29, 1.82) is 0 Å². The van der Waals surface area contributed by atoms with Crippen LogP contribution >= 0.6 is 0 Å². The van der Waals surface area contributed by atoms with Gasteiger partial charge in [-0.15, -0.1) is 0 Å². The summed E-state index contributed by atoms with van der Waals surface area (Å²) in [4.78, 5) is 29.8. The standard InChI is InChI=1S/C36H41N3O4S/c1-5-22-37-36(41)34(24-30-12-8-6-9-13-30)38(25-31-14-10-7-11-15-31)35(40)26-39(32-19-18-28(3)29(4)23-32)44(42,43)33-20-16-27(2)17-21-33/h6-21,23,34H,5,22,24-26H2,1-4H3,(H,37,41)/t34-/m1/s1. The van der Waals surface area contributed by atoms with Crippen LogP contribution in [0.3, 0.4) is 0 Å². The van der Waals surface area contributed by atoms with Gasteiger partial charge in [0.2, 0.25) is 11.8 Å². The van der Waals surface area contributed by atoms with Crippen LogP contribution in [0.25, 0.3) is 0 Å². The molecule has 0 aliphatic heterocycles. The zero-order valence-corrected chi connectivity index (χ0v) is 26.7. The van der Waals surface area contributed by atoms with E-state index >= 15 is 0 Å². The summed E-state index contributed by atoms with van der Waals surface area (Å²) >= 11 is 0. The lowest BCUT2D eigenvalue weighted by Crippen LogP contribution is -2.53. The molecule has 2 amide bonds. The van der Waals surface area contributed by atoms with Gasteiger partial charge in [0, 0.05) is 19.5 Å². The van der Waals surface area contributed by atoms with Gasteiger partial charge in [0.15, 0.2) is 0 Å². The summed E-state index contributed by atoms with van der Waals surface area (Å²) in [5.74, 6) is -0.755. The van der Waals surface area contributed by atoms with E-state index in [0.29, 0.717) is 12.2 Å². The van der Waals surface area contributed by atoms with E-state index in [4.69, 9.17) is 0 Å². The van der Waals surface area contributed by atoms with Crippen LogP contribution in [0.1, 0.15) is 41.2 Å². The van der Waals surface area contributed by atoms with Crippen molar-refractivity contribution in [3.63, 3.8) is 0 Å². The topological polar surface area (TPSA) is 86.8 Å². The number of nitrogens with zero attached hydrogens (tertiary/aromatic N) is 2. The summed E-state index contributed by atoms with van der Waals surface area (Å²) in [5.41, 5.74) is 4.95. The number of carbonyl (C=O) groups is 2. The van der Waals surface area contributed by atoms with E-state index in [1.54, 1.807) is 36.4 Å². The van der Waals surface area contributed by atoms with Crippen molar-refractivity contribution in [1.82, 2.24) is 10.2 Å². The quantitative estimate of drug-likeness (QED) is 0.202. The first-order valence-corrected chi connectivity index (χ1v) is 16.4. The first-order chi connectivity index (χ1) is 21.1. The minimum atomic E-state index is -4.14. The van der Waals surface area contributed by atoms with Crippen LogP contribution in [0.4, 0.5) is 5.69 Å². The molecule has 0 radical (unpaired) electrons. The van der Waals surface area contributed by atoms with Crippen molar-refractivity contribution >= 4 is 27.5 Å². The normalized spacial score (nSPS) is 11.9. The Kier molecular flexibility index (Phi) is 11.0. The number of benzene rings is 4. The van der Waals surface area contributed by atoms with E-state index in [9.17, 15) is 18.0 Å². The third-order valence-corrected chi connectivity index (χ3v) is 9.47. The molecule has 0 saturated heterocycles.